The summed E-state index contributed by atoms with van der Waals surface area (Å²) in [6, 6.07) is 0. The quantitative estimate of drug-likeness (QED) is 0.556. The highest BCUT2D eigenvalue weighted by molar-refractivity contribution is 5.73. The van der Waals surface area contributed by atoms with Gasteiger partial charge < -0.3 is 4.90 Å². The van der Waals surface area contributed by atoms with Gasteiger partial charge in [-0.2, -0.15) is 0 Å². The Balaban J connectivity index is 2.49. The first-order valence-corrected chi connectivity index (χ1v) is 9.54. The SMILES string of the molecule is CCCCCCCC(C)(CCCC)N1CCN(C(C)=O)CC1. The van der Waals surface area contributed by atoms with Crippen molar-refractivity contribution < 1.29 is 4.79 Å². The van der Waals surface area contributed by atoms with Crippen molar-refractivity contribution in [3.63, 3.8) is 0 Å². The first kappa shape index (κ1) is 19.5. The minimum atomic E-state index is 0.231. The van der Waals surface area contributed by atoms with Crippen molar-refractivity contribution in [2.45, 2.75) is 91.0 Å². The third-order valence-corrected chi connectivity index (χ3v) is 5.38. The van der Waals surface area contributed by atoms with E-state index in [-0.39, 0.29) is 5.91 Å². The summed E-state index contributed by atoms with van der Waals surface area (Å²) in [5.41, 5.74) is 0.338. The highest BCUT2D eigenvalue weighted by Gasteiger charge is 2.33. The number of nitrogens with zero attached hydrogens (tertiary/aromatic N) is 2. The molecule has 1 saturated heterocycles. The maximum atomic E-state index is 11.5. The van der Waals surface area contributed by atoms with E-state index >= 15 is 0 Å². The second-order valence-electron chi connectivity index (χ2n) is 7.26. The van der Waals surface area contributed by atoms with E-state index in [9.17, 15) is 4.79 Å². The van der Waals surface area contributed by atoms with Gasteiger partial charge in [-0.15, -0.1) is 0 Å². The van der Waals surface area contributed by atoms with Crippen molar-refractivity contribution in [1.82, 2.24) is 9.80 Å². The molecule has 0 aromatic carbocycles. The minimum Gasteiger partial charge on any atom is -0.340 e. The van der Waals surface area contributed by atoms with E-state index in [1.54, 1.807) is 6.92 Å². The topological polar surface area (TPSA) is 23.6 Å². The van der Waals surface area contributed by atoms with Crippen LogP contribution in [0.5, 0.6) is 0 Å². The fourth-order valence-electron chi connectivity index (χ4n) is 3.67. The van der Waals surface area contributed by atoms with E-state index in [2.05, 4.69) is 25.7 Å². The predicted molar refractivity (Wildman–Crippen MR) is 95.1 cm³/mol. The number of hydrogen-bond acceptors (Lipinski definition) is 2. The van der Waals surface area contributed by atoms with Gasteiger partial charge in [0, 0.05) is 38.6 Å². The highest BCUT2D eigenvalue weighted by Crippen LogP contribution is 2.29. The maximum absolute atomic E-state index is 11.5. The summed E-state index contributed by atoms with van der Waals surface area (Å²) in [6.07, 6.45) is 12.0. The molecular weight excluding hydrogens is 272 g/mol. The second-order valence-corrected chi connectivity index (χ2v) is 7.26. The summed E-state index contributed by atoms with van der Waals surface area (Å²) in [4.78, 5) is 16.2. The summed E-state index contributed by atoms with van der Waals surface area (Å²) in [5.74, 6) is 0.231. The van der Waals surface area contributed by atoms with Crippen LogP contribution in [0.1, 0.15) is 85.5 Å². The predicted octanol–water partition coefficient (Wildman–Crippen LogP) is 4.46. The van der Waals surface area contributed by atoms with Crippen LogP contribution in [0.3, 0.4) is 0 Å². The standard InChI is InChI=1S/C19H38N2O/c1-5-7-9-10-11-13-19(4,12-8-6-2)21-16-14-20(15-17-21)18(3)22/h5-17H2,1-4H3. The van der Waals surface area contributed by atoms with Gasteiger partial charge in [0.2, 0.25) is 5.91 Å². The molecule has 0 radical (unpaired) electrons. The van der Waals surface area contributed by atoms with Crippen molar-refractivity contribution in [3.05, 3.63) is 0 Å². The van der Waals surface area contributed by atoms with Crippen molar-refractivity contribution in [3.8, 4) is 0 Å². The van der Waals surface area contributed by atoms with Crippen LogP contribution in [-0.4, -0.2) is 47.4 Å². The van der Waals surface area contributed by atoms with Gasteiger partial charge in [-0.25, -0.2) is 0 Å². The maximum Gasteiger partial charge on any atom is 0.219 e. The Morgan fingerprint density at radius 2 is 1.41 bits per heavy atom. The van der Waals surface area contributed by atoms with E-state index in [0.717, 1.165) is 26.2 Å². The van der Waals surface area contributed by atoms with Crippen LogP contribution in [0.4, 0.5) is 0 Å². The second kappa shape index (κ2) is 10.3. The van der Waals surface area contributed by atoms with Crippen molar-refractivity contribution >= 4 is 5.91 Å². The molecule has 0 aliphatic carbocycles. The summed E-state index contributed by atoms with van der Waals surface area (Å²) < 4.78 is 0. The molecule has 1 aliphatic rings. The molecule has 1 fully saturated rings. The number of carbonyl (C=O) groups excluding carboxylic acids is 1. The molecule has 130 valence electrons. The zero-order valence-electron chi connectivity index (χ0n) is 15.5. The number of hydrogen-bond donors (Lipinski definition) is 0. The summed E-state index contributed by atoms with van der Waals surface area (Å²) in [5, 5.41) is 0. The zero-order chi connectivity index (χ0) is 16.4. The molecule has 1 amide bonds. The fraction of sp³-hybridized carbons (Fsp3) is 0.947. The molecule has 0 spiro atoms. The molecule has 0 aromatic heterocycles. The molecule has 0 bridgehead atoms. The van der Waals surface area contributed by atoms with Gasteiger partial charge in [-0.1, -0.05) is 58.8 Å². The van der Waals surface area contributed by atoms with E-state index in [0.29, 0.717) is 5.54 Å². The van der Waals surface area contributed by atoms with Crippen LogP contribution in [-0.2, 0) is 4.79 Å². The van der Waals surface area contributed by atoms with Gasteiger partial charge in [0.1, 0.15) is 0 Å². The Hall–Kier alpha value is -0.570. The van der Waals surface area contributed by atoms with Crippen LogP contribution in [0.15, 0.2) is 0 Å². The molecule has 1 unspecified atom stereocenters. The smallest absolute Gasteiger partial charge is 0.219 e. The lowest BCUT2D eigenvalue weighted by molar-refractivity contribution is -0.131. The van der Waals surface area contributed by atoms with E-state index < -0.39 is 0 Å². The number of amides is 1. The summed E-state index contributed by atoms with van der Waals surface area (Å²) >= 11 is 0. The lowest BCUT2D eigenvalue weighted by atomic mass is 9.86. The first-order chi connectivity index (χ1) is 10.5. The average molecular weight is 311 g/mol. The zero-order valence-corrected chi connectivity index (χ0v) is 15.5. The van der Waals surface area contributed by atoms with Gasteiger partial charge >= 0.3 is 0 Å². The third-order valence-electron chi connectivity index (χ3n) is 5.38. The van der Waals surface area contributed by atoms with Crippen LogP contribution in [0, 0.1) is 0 Å². The number of carbonyl (C=O) groups is 1. The Morgan fingerprint density at radius 3 is 1.95 bits per heavy atom. The normalized spacial score (nSPS) is 19.2. The molecule has 1 aliphatic heterocycles. The Bertz CT molecular complexity index is 311. The molecule has 3 heteroatoms. The molecule has 1 rings (SSSR count). The van der Waals surface area contributed by atoms with Crippen molar-refractivity contribution in [1.29, 1.82) is 0 Å². The highest BCUT2D eigenvalue weighted by atomic mass is 16.2. The largest absolute Gasteiger partial charge is 0.340 e. The molecule has 1 heterocycles. The van der Waals surface area contributed by atoms with Crippen LogP contribution in [0.2, 0.25) is 0 Å². The summed E-state index contributed by atoms with van der Waals surface area (Å²) in [7, 11) is 0. The van der Waals surface area contributed by atoms with Gasteiger partial charge in [-0.05, 0) is 19.8 Å². The molecule has 22 heavy (non-hydrogen) atoms. The molecule has 3 nitrogen and oxygen atoms in total. The van der Waals surface area contributed by atoms with E-state index in [4.69, 9.17) is 0 Å². The van der Waals surface area contributed by atoms with Gasteiger partial charge in [0.15, 0.2) is 0 Å². The molecule has 0 N–H and O–H groups in total. The lowest BCUT2D eigenvalue weighted by Gasteiger charge is -2.46. The third kappa shape index (κ3) is 6.28. The minimum absolute atomic E-state index is 0.231. The van der Waals surface area contributed by atoms with Gasteiger partial charge in [-0.3, -0.25) is 9.69 Å². The Labute approximate surface area is 138 Å². The monoisotopic (exact) mass is 310 g/mol. The molecule has 0 saturated carbocycles. The number of piperazine rings is 1. The lowest BCUT2D eigenvalue weighted by Crippen LogP contribution is -2.56. The van der Waals surface area contributed by atoms with Crippen molar-refractivity contribution in [2.24, 2.45) is 0 Å². The molecule has 1 atom stereocenters. The Morgan fingerprint density at radius 1 is 0.864 bits per heavy atom. The van der Waals surface area contributed by atoms with Crippen LogP contribution in [0.25, 0.3) is 0 Å². The Kier molecular flexibility index (Phi) is 9.08. The molecular formula is C19H38N2O. The fourth-order valence-corrected chi connectivity index (χ4v) is 3.67. The summed E-state index contributed by atoms with van der Waals surface area (Å²) in [6.45, 7) is 12.6. The van der Waals surface area contributed by atoms with Gasteiger partial charge in [0.25, 0.3) is 0 Å². The van der Waals surface area contributed by atoms with Crippen LogP contribution >= 0.6 is 0 Å². The molecule has 0 aromatic rings. The average Bonchev–Trinajstić information content (AvgIpc) is 2.53. The van der Waals surface area contributed by atoms with E-state index in [1.165, 1.54) is 57.8 Å². The van der Waals surface area contributed by atoms with Crippen molar-refractivity contribution in [2.75, 3.05) is 26.2 Å². The van der Waals surface area contributed by atoms with Gasteiger partial charge in [0.05, 0.1) is 0 Å². The number of unbranched alkanes of at least 4 members (excludes halogenated alkanes) is 5. The van der Waals surface area contributed by atoms with Crippen LogP contribution < -0.4 is 0 Å². The van der Waals surface area contributed by atoms with E-state index in [1.807, 2.05) is 4.90 Å². The first-order valence-electron chi connectivity index (χ1n) is 9.54. The number of rotatable bonds is 10.